The molecule has 0 radical (unpaired) electrons. The summed E-state index contributed by atoms with van der Waals surface area (Å²) < 4.78 is 10.3. The van der Waals surface area contributed by atoms with Gasteiger partial charge < -0.3 is 14.6 Å². The highest BCUT2D eigenvalue weighted by Gasteiger charge is 2.18. The quantitative estimate of drug-likeness (QED) is 0.903. The molecular formula is C13H12N2O4. The van der Waals surface area contributed by atoms with Crippen LogP contribution in [0.4, 0.5) is 0 Å². The minimum absolute atomic E-state index is 0.131. The molecule has 0 amide bonds. The van der Waals surface area contributed by atoms with Crippen molar-refractivity contribution >= 4 is 5.97 Å². The van der Waals surface area contributed by atoms with Crippen molar-refractivity contribution in [2.24, 2.45) is 0 Å². The molecule has 0 atom stereocenters. The van der Waals surface area contributed by atoms with Gasteiger partial charge in [-0.15, -0.1) is 0 Å². The van der Waals surface area contributed by atoms with Gasteiger partial charge in [-0.25, -0.2) is 9.78 Å². The number of nitrogens with zero attached hydrogens (tertiary/aromatic N) is 2. The molecule has 1 N–H and O–H groups in total. The van der Waals surface area contributed by atoms with Crippen molar-refractivity contribution in [1.29, 1.82) is 0 Å². The molecule has 0 unspecified atom stereocenters. The number of aromatic nitrogens is 2. The Morgan fingerprint density at radius 3 is 2.53 bits per heavy atom. The van der Waals surface area contributed by atoms with E-state index in [9.17, 15) is 4.79 Å². The normalized spacial score (nSPS) is 10.0. The van der Waals surface area contributed by atoms with Crippen molar-refractivity contribution in [3.05, 3.63) is 36.3 Å². The van der Waals surface area contributed by atoms with Gasteiger partial charge in [0.15, 0.2) is 5.69 Å². The maximum Gasteiger partial charge on any atom is 0.356 e. The molecule has 98 valence electrons. The molecule has 0 spiro atoms. The molecule has 2 rings (SSSR count). The fraction of sp³-hybridized carbons (Fsp3) is 0.154. The van der Waals surface area contributed by atoms with Gasteiger partial charge in [0.1, 0.15) is 17.2 Å². The number of ether oxygens (including phenoxy) is 2. The van der Waals surface area contributed by atoms with E-state index in [1.165, 1.54) is 26.6 Å². The van der Waals surface area contributed by atoms with Crippen molar-refractivity contribution in [3.63, 3.8) is 0 Å². The maximum atomic E-state index is 11.2. The summed E-state index contributed by atoms with van der Waals surface area (Å²) in [5, 5.41) is 9.14. The lowest BCUT2D eigenvalue weighted by Crippen LogP contribution is -2.05. The lowest BCUT2D eigenvalue weighted by atomic mass is 10.1. The van der Waals surface area contributed by atoms with E-state index in [2.05, 4.69) is 9.97 Å². The predicted octanol–water partition coefficient (Wildman–Crippen LogP) is 1.86. The van der Waals surface area contributed by atoms with Gasteiger partial charge in [-0.05, 0) is 18.2 Å². The molecule has 19 heavy (non-hydrogen) atoms. The number of hydrogen-bond acceptors (Lipinski definition) is 5. The van der Waals surface area contributed by atoms with Crippen LogP contribution >= 0.6 is 0 Å². The highest BCUT2D eigenvalue weighted by molar-refractivity contribution is 5.93. The average molecular weight is 260 g/mol. The molecule has 0 bridgehead atoms. The Bertz CT molecular complexity index is 613. The fourth-order valence-corrected chi connectivity index (χ4v) is 1.69. The van der Waals surface area contributed by atoms with Gasteiger partial charge in [0.2, 0.25) is 0 Å². The predicted molar refractivity (Wildman–Crippen MR) is 67.5 cm³/mol. The molecule has 1 aromatic carbocycles. The fourth-order valence-electron chi connectivity index (χ4n) is 1.69. The van der Waals surface area contributed by atoms with Crippen LogP contribution in [0.15, 0.2) is 30.6 Å². The summed E-state index contributed by atoms with van der Waals surface area (Å²) in [6.07, 6.45) is 2.76. The van der Waals surface area contributed by atoms with Crippen molar-refractivity contribution < 1.29 is 19.4 Å². The van der Waals surface area contributed by atoms with Crippen LogP contribution < -0.4 is 9.47 Å². The monoisotopic (exact) mass is 260 g/mol. The van der Waals surface area contributed by atoms with E-state index in [-0.39, 0.29) is 11.4 Å². The Morgan fingerprint density at radius 1 is 1.16 bits per heavy atom. The standard InChI is InChI=1S/C13H12N2O4/c1-18-8-3-4-10(19-2)9(7-8)11-12(13(16)17)15-6-5-14-11/h3-7H,1-2H3,(H,16,17). The summed E-state index contributed by atoms with van der Waals surface area (Å²) in [5.74, 6) is -0.0606. The van der Waals surface area contributed by atoms with Gasteiger partial charge >= 0.3 is 5.97 Å². The molecule has 0 aliphatic heterocycles. The van der Waals surface area contributed by atoms with Crippen LogP contribution in [0, 0.1) is 0 Å². The van der Waals surface area contributed by atoms with Crippen molar-refractivity contribution in [1.82, 2.24) is 9.97 Å². The van der Waals surface area contributed by atoms with Crippen LogP contribution in [0.3, 0.4) is 0 Å². The maximum absolute atomic E-state index is 11.2. The summed E-state index contributed by atoms with van der Waals surface area (Å²) in [7, 11) is 3.03. The van der Waals surface area contributed by atoms with E-state index in [1.54, 1.807) is 18.2 Å². The third-order valence-corrected chi connectivity index (χ3v) is 2.56. The zero-order valence-corrected chi connectivity index (χ0v) is 10.5. The second-order valence-electron chi connectivity index (χ2n) is 3.62. The molecule has 0 saturated heterocycles. The van der Waals surface area contributed by atoms with E-state index < -0.39 is 5.97 Å². The molecule has 1 aromatic heterocycles. The molecule has 0 saturated carbocycles. The molecule has 1 heterocycles. The van der Waals surface area contributed by atoms with E-state index in [0.29, 0.717) is 17.1 Å². The SMILES string of the molecule is COc1ccc(OC)c(-c2nccnc2C(=O)O)c1. The van der Waals surface area contributed by atoms with Crippen LogP contribution in [0.2, 0.25) is 0 Å². The number of rotatable bonds is 4. The average Bonchev–Trinajstić information content (AvgIpc) is 2.46. The number of methoxy groups -OCH3 is 2. The molecule has 0 fully saturated rings. The first-order valence-corrected chi connectivity index (χ1v) is 5.44. The number of hydrogen-bond donors (Lipinski definition) is 1. The minimum Gasteiger partial charge on any atom is -0.497 e. The van der Waals surface area contributed by atoms with Crippen molar-refractivity contribution in [3.8, 4) is 22.8 Å². The molecule has 0 aliphatic carbocycles. The third-order valence-electron chi connectivity index (χ3n) is 2.56. The van der Waals surface area contributed by atoms with Gasteiger partial charge in [0.05, 0.1) is 14.2 Å². The van der Waals surface area contributed by atoms with Crippen molar-refractivity contribution in [2.75, 3.05) is 14.2 Å². The Hall–Kier alpha value is -2.63. The van der Waals surface area contributed by atoms with Gasteiger partial charge in [0, 0.05) is 18.0 Å². The van der Waals surface area contributed by atoms with Gasteiger partial charge in [0.25, 0.3) is 0 Å². The summed E-state index contributed by atoms with van der Waals surface area (Å²) in [4.78, 5) is 19.1. The first-order valence-electron chi connectivity index (χ1n) is 5.44. The lowest BCUT2D eigenvalue weighted by molar-refractivity contribution is 0.0691. The third kappa shape index (κ3) is 2.47. The highest BCUT2D eigenvalue weighted by atomic mass is 16.5. The second kappa shape index (κ2) is 5.34. The molecule has 6 heteroatoms. The molecule has 6 nitrogen and oxygen atoms in total. The number of carboxylic acid groups (broad SMARTS) is 1. The number of carbonyl (C=O) groups is 1. The minimum atomic E-state index is -1.15. The number of aromatic carboxylic acids is 1. The highest BCUT2D eigenvalue weighted by Crippen LogP contribution is 2.33. The Morgan fingerprint density at radius 2 is 1.89 bits per heavy atom. The summed E-state index contributed by atoms with van der Waals surface area (Å²) in [6.45, 7) is 0. The first-order chi connectivity index (χ1) is 9.17. The second-order valence-corrected chi connectivity index (χ2v) is 3.62. The van der Waals surface area contributed by atoms with Gasteiger partial charge in [-0.2, -0.15) is 0 Å². The Kier molecular flexibility index (Phi) is 3.61. The zero-order chi connectivity index (χ0) is 13.8. The summed E-state index contributed by atoms with van der Waals surface area (Å²) in [6, 6.07) is 5.07. The van der Waals surface area contributed by atoms with Crippen LogP contribution in [0.5, 0.6) is 11.5 Å². The van der Waals surface area contributed by atoms with Crippen LogP contribution in [0.25, 0.3) is 11.3 Å². The lowest BCUT2D eigenvalue weighted by Gasteiger charge is -2.11. The van der Waals surface area contributed by atoms with Gasteiger partial charge in [-0.1, -0.05) is 0 Å². The van der Waals surface area contributed by atoms with Crippen LogP contribution in [-0.2, 0) is 0 Å². The van der Waals surface area contributed by atoms with Crippen LogP contribution in [0.1, 0.15) is 10.5 Å². The van der Waals surface area contributed by atoms with E-state index in [0.717, 1.165) is 0 Å². The number of carboxylic acids is 1. The van der Waals surface area contributed by atoms with E-state index in [1.807, 2.05) is 0 Å². The van der Waals surface area contributed by atoms with Gasteiger partial charge in [-0.3, -0.25) is 4.98 Å². The van der Waals surface area contributed by atoms with Crippen molar-refractivity contribution in [2.45, 2.75) is 0 Å². The molecule has 2 aromatic rings. The first kappa shape index (κ1) is 12.8. The van der Waals surface area contributed by atoms with Crippen LogP contribution in [-0.4, -0.2) is 35.3 Å². The number of benzene rings is 1. The smallest absolute Gasteiger partial charge is 0.356 e. The summed E-state index contributed by atoms with van der Waals surface area (Å²) >= 11 is 0. The zero-order valence-electron chi connectivity index (χ0n) is 10.5. The Labute approximate surface area is 109 Å². The topological polar surface area (TPSA) is 81.5 Å². The largest absolute Gasteiger partial charge is 0.497 e. The van der Waals surface area contributed by atoms with E-state index in [4.69, 9.17) is 14.6 Å². The summed E-state index contributed by atoms with van der Waals surface area (Å²) in [5.41, 5.74) is 0.632. The molecule has 0 aliphatic rings. The molecular weight excluding hydrogens is 248 g/mol. The Balaban J connectivity index is 2.66. The van der Waals surface area contributed by atoms with E-state index >= 15 is 0 Å².